The summed E-state index contributed by atoms with van der Waals surface area (Å²) in [5, 5.41) is 9.05. The maximum Gasteiger partial charge on any atom is 0.323 e. The summed E-state index contributed by atoms with van der Waals surface area (Å²) in [6.07, 6.45) is 5.59. The minimum Gasteiger partial charge on any atom is -0.464 e. The number of esters is 1. The van der Waals surface area contributed by atoms with Crippen LogP contribution in [-0.4, -0.2) is 47.8 Å². The zero-order chi connectivity index (χ0) is 10.7. The van der Waals surface area contributed by atoms with E-state index in [4.69, 9.17) is 9.84 Å². The highest BCUT2D eigenvalue weighted by atomic mass is 16.5. The van der Waals surface area contributed by atoms with Crippen LogP contribution in [0.3, 0.4) is 0 Å². The van der Waals surface area contributed by atoms with Crippen LogP contribution in [0.25, 0.3) is 0 Å². The van der Waals surface area contributed by atoms with Gasteiger partial charge in [0.2, 0.25) is 0 Å². The van der Waals surface area contributed by atoms with E-state index < -0.39 is 0 Å². The van der Waals surface area contributed by atoms with Crippen molar-refractivity contribution in [3.8, 4) is 0 Å². The fourth-order valence-corrected chi connectivity index (χ4v) is 2.73. The number of carbonyl (C=O) groups is 1. The molecule has 1 unspecified atom stereocenters. The van der Waals surface area contributed by atoms with Crippen molar-refractivity contribution < 1.29 is 14.6 Å². The van der Waals surface area contributed by atoms with Gasteiger partial charge in [-0.05, 0) is 12.8 Å². The normalized spacial score (nSPS) is 27.6. The van der Waals surface area contributed by atoms with Gasteiger partial charge in [0.05, 0.1) is 13.2 Å². The lowest BCUT2D eigenvalue weighted by molar-refractivity contribution is -0.143. The summed E-state index contributed by atoms with van der Waals surface area (Å²) in [5.41, 5.74) is 0. The first kappa shape index (κ1) is 10.9. The number of carbonyl (C=O) groups excluding carboxylic acids is 1. The summed E-state index contributed by atoms with van der Waals surface area (Å²) in [6.45, 7) is 1.27. The molecule has 0 aromatic carbocycles. The third kappa shape index (κ3) is 2.32. The minimum atomic E-state index is -0.102. The van der Waals surface area contributed by atoms with Gasteiger partial charge in [0, 0.05) is 19.0 Å². The van der Waals surface area contributed by atoms with Crippen molar-refractivity contribution >= 4 is 5.97 Å². The van der Waals surface area contributed by atoms with Crippen molar-refractivity contribution in [2.24, 2.45) is 0 Å². The van der Waals surface area contributed by atoms with E-state index in [1.165, 1.54) is 12.8 Å². The molecule has 2 fully saturated rings. The van der Waals surface area contributed by atoms with E-state index in [0.29, 0.717) is 19.2 Å². The molecule has 1 heterocycles. The number of nitrogens with zero attached hydrogens (tertiary/aromatic N) is 1. The molecule has 1 aliphatic heterocycles. The van der Waals surface area contributed by atoms with Gasteiger partial charge in [0.1, 0.15) is 6.04 Å². The maximum absolute atomic E-state index is 11.5. The average molecular weight is 213 g/mol. The third-order valence-electron chi connectivity index (χ3n) is 3.46. The lowest BCUT2D eigenvalue weighted by Crippen LogP contribution is -2.45. The highest BCUT2D eigenvalue weighted by Crippen LogP contribution is 2.27. The standard InChI is InChI=1S/C11H19NO3/c13-7-6-12(9-3-1-2-4-9)10-5-8-15-11(10)14/h9-10,13H,1-8H2. The average Bonchev–Trinajstić information content (AvgIpc) is 2.85. The Kier molecular flexibility index (Phi) is 3.59. The number of hydrogen-bond acceptors (Lipinski definition) is 4. The molecule has 0 spiro atoms. The molecule has 1 saturated heterocycles. The van der Waals surface area contributed by atoms with E-state index in [-0.39, 0.29) is 18.6 Å². The van der Waals surface area contributed by atoms with Crippen LogP contribution in [0.5, 0.6) is 0 Å². The molecule has 15 heavy (non-hydrogen) atoms. The van der Waals surface area contributed by atoms with E-state index in [1.54, 1.807) is 0 Å². The highest BCUT2D eigenvalue weighted by Gasteiger charge is 2.36. The lowest BCUT2D eigenvalue weighted by Gasteiger charge is -2.31. The smallest absolute Gasteiger partial charge is 0.323 e. The number of cyclic esters (lactones) is 1. The maximum atomic E-state index is 11.5. The Morgan fingerprint density at radius 2 is 2.07 bits per heavy atom. The molecule has 4 heteroatoms. The van der Waals surface area contributed by atoms with E-state index in [9.17, 15) is 4.79 Å². The Hall–Kier alpha value is -0.610. The van der Waals surface area contributed by atoms with Crippen LogP contribution in [0.2, 0.25) is 0 Å². The zero-order valence-corrected chi connectivity index (χ0v) is 9.02. The first-order valence-electron chi connectivity index (χ1n) is 5.86. The first-order valence-corrected chi connectivity index (χ1v) is 5.86. The van der Waals surface area contributed by atoms with Gasteiger partial charge in [-0.25, -0.2) is 0 Å². The number of aliphatic hydroxyl groups excluding tert-OH is 1. The Balaban J connectivity index is 2.00. The van der Waals surface area contributed by atoms with Crippen molar-refractivity contribution in [1.82, 2.24) is 4.90 Å². The van der Waals surface area contributed by atoms with Crippen molar-refractivity contribution in [3.05, 3.63) is 0 Å². The van der Waals surface area contributed by atoms with Crippen LogP contribution in [0.1, 0.15) is 32.1 Å². The number of aliphatic hydroxyl groups is 1. The molecule has 0 aromatic rings. The van der Waals surface area contributed by atoms with Gasteiger partial charge in [-0.15, -0.1) is 0 Å². The van der Waals surface area contributed by atoms with Gasteiger partial charge in [-0.2, -0.15) is 0 Å². The Morgan fingerprint density at radius 1 is 1.33 bits per heavy atom. The second-order valence-corrected chi connectivity index (χ2v) is 4.37. The van der Waals surface area contributed by atoms with Gasteiger partial charge < -0.3 is 9.84 Å². The molecule has 4 nitrogen and oxygen atoms in total. The van der Waals surface area contributed by atoms with Crippen molar-refractivity contribution in [3.63, 3.8) is 0 Å². The molecule has 2 rings (SSSR count). The van der Waals surface area contributed by atoms with Gasteiger partial charge in [0.15, 0.2) is 0 Å². The van der Waals surface area contributed by atoms with Crippen LogP contribution < -0.4 is 0 Å². The molecule has 0 aromatic heterocycles. The second-order valence-electron chi connectivity index (χ2n) is 4.37. The van der Waals surface area contributed by atoms with Gasteiger partial charge >= 0.3 is 5.97 Å². The summed E-state index contributed by atoms with van der Waals surface area (Å²) in [4.78, 5) is 13.7. The van der Waals surface area contributed by atoms with E-state index in [1.807, 2.05) is 0 Å². The van der Waals surface area contributed by atoms with Gasteiger partial charge in [-0.1, -0.05) is 12.8 Å². The molecule has 1 N–H and O–H groups in total. The molecule has 2 aliphatic rings. The van der Waals surface area contributed by atoms with E-state index in [2.05, 4.69) is 4.90 Å². The molecular formula is C11H19NO3. The van der Waals surface area contributed by atoms with E-state index >= 15 is 0 Å². The van der Waals surface area contributed by atoms with Crippen LogP contribution in [0.4, 0.5) is 0 Å². The van der Waals surface area contributed by atoms with Crippen molar-refractivity contribution in [2.75, 3.05) is 19.8 Å². The number of rotatable bonds is 4. The van der Waals surface area contributed by atoms with Crippen molar-refractivity contribution in [1.29, 1.82) is 0 Å². The summed E-state index contributed by atoms with van der Waals surface area (Å²) < 4.78 is 4.99. The first-order chi connectivity index (χ1) is 7.33. The monoisotopic (exact) mass is 213 g/mol. The fraction of sp³-hybridized carbons (Fsp3) is 0.909. The SMILES string of the molecule is O=C1OCCC1N(CCO)C1CCCC1. The predicted molar refractivity (Wildman–Crippen MR) is 55.4 cm³/mol. The highest BCUT2D eigenvalue weighted by molar-refractivity contribution is 5.77. The van der Waals surface area contributed by atoms with Crippen LogP contribution >= 0.6 is 0 Å². The quantitative estimate of drug-likeness (QED) is 0.692. The Labute approximate surface area is 90.2 Å². The van der Waals surface area contributed by atoms with Crippen LogP contribution in [0.15, 0.2) is 0 Å². The molecule has 1 saturated carbocycles. The minimum absolute atomic E-state index is 0.0970. The van der Waals surface area contributed by atoms with Gasteiger partial charge in [0.25, 0.3) is 0 Å². The molecule has 0 radical (unpaired) electrons. The number of ether oxygens (including phenoxy) is 1. The van der Waals surface area contributed by atoms with Crippen molar-refractivity contribution in [2.45, 2.75) is 44.2 Å². The lowest BCUT2D eigenvalue weighted by atomic mass is 10.1. The third-order valence-corrected chi connectivity index (χ3v) is 3.46. The fourth-order valence-electron chi connectivity index (χ4n) is 2.73. The summed E-state index contributed by atoms with van der Waals surface area (Å²) in [7, 11) is 0. The molecule has 0 amide bonds. The molecule has 86 valence electrons. The van der Waals surface area contributed by atoms with Gasteiger partial charge in [-0.3, -0.25) is 9.69 Å². The summed E-state index contributed by atoms with van der Waals surface area (Å²) in [6, 6.07) is 0.382. The molecule has 1 atom stereocenters. The largest absolute Gasteiger partial charge is 0.464 e. The predicted octanol–water partition coefficient (Wildman–Crippen LogP) is 0.539. The summed E-state index contributed by atoms with van der Waals surface area (Å²) >= 11 is 0. The molecule has 1 aliphatic carbocycles. The van der Waals surface area contributed by atoms with Crippen LogP contribution in [-0.2, 0) is 9.53 Å². The zero-order valence-electron chi connectivity index (χ0n) is 9.02. The molecular weight excluding hydrogens is 194 g/mol. The second kappa shape index (κ2) is 4.94. The van der Waals surface area contributed by atoms with Crippen LogP contribution in [0, 0.1) is 0 Å². The Bertz CT molecular complexity index is 226. The molecule has 0 bridgehead atoms. The Morgan fingerprint density at radius 3 is 2.60 bits per heavy atom. The number of hydrogen-bond donors (Lipinski definition) is 1. The summed E-state index contributed by atoms with van der Waals surface area (Å²) in [5.74, 6) is -0.102. The topological polar surface area (TPSA) is 49.8 Å². The van der Waals surface area contributed by atoms with E-state index in [0.717, 1.165) is 19.3 Å².